The average molecular weight is 372 g/mol. The third-order valence-corrected chi connectivity index (χ3v) is 4.42. The summed E-state index contributed by atoms with van der Waals surface area (Å²) in [5.41, 5.74) is -0.0357. The number of anilines is 1. The molecule has 1 aliphatic rings. The lowest BCUT2D eigenvalue weighted by Crippen LogP contribution is -2.26. The minimum atomic E-state index is -0.448. The summed E-state index contributed by atoms with van der Waals surface area (Å²) in [6, 6.07) is 2.97. The Morgan fingerprint density at radius 1 is 1.45 bits per heavy atom. The SMILES string of the molecule is COC(=O)[C@H]1CC[C@H](CNc2nc(Br)ccc2[N+](=O)[O-])CC1. The van der Waals surface area contributed by atoms with E-state index in [1.165, 1.54) is 13.2 Å². The average Bonchev–Trinajstić information content (AvgIpc) is 2.52. The Hall–Kier alpha value is -1.70. The van der Waals surface area contributed by atoms with E-state index in [1.54, 1.807) is 6.07 Å². The van der Waals surface area contributed by atoms with Crippen LogP contribution in [0.5, 0.6) is 0 Å². The lowest BCUT2D eigenvalue weighted by Gasteiger charge is -2.27. The molecule has 0 aliphatic heterocycles. The maximum Gasteiger partial charge on any atom is 0.311 e. The number of hydrogen-bond acceptors (Lipinski definition) is 6. The number of nitrogens with one attached hydrogen (secondary N) is 1. The number of pyridine rings is 1. The van der Waals surface area contributed by atoms with E-state index >= 15 is 0 Å². The van der Waals surface area contributed by atoms with Gasteiger partial charge in [-0.3, -0.25) is 14.9 Å². The van der Waals surface area contributed by atoms with Gasteiger partial charge in [-0.05, 0) is 53.6 Å². The van der Waals surface area contributed by atoms with E-state index in [1.807, 2.05) is 0 Å². The molecule has 1 N–H and O–H groups in total. The Bertz CT molecular complexity index is 559. The first-order valence-corrected chi connectivity index (χ1v) is 7.93. The summed E-state index contributed by atoms with van der Waals surface area (Å²) >= 11 is 3.22. The van der Waals surface area contributed by atoms with Crippen LogP contribution in [0.15, 0.2) is 16.7 Å². The Morgan fingerprint density at radius 3 is 2.73 bits per heavy atom. The fraction of sp³-hybridized carbons (Fsp3) is 0.571. The van der Waals surface area contributed by atoms with Crippen molar-refractivity contribution >= 4 is 33.4 Å². The minimum Gasteiger partial charge on any atom is -0.469 e. The molecule has 0 unspecified atom stereocenters. The molecule has 0 atom stereocenters. The van der Waals surface area contributed by atoms with Gasteiger partial charge in [-0.1, -0.05) is 0 Å². The van der Waals surface area contributed by atoms with Crippen LogP contribution in [0.1, 0.15) is 25.7 Å². The molecule has 120 valence electrons. The number of ether oxygens (including phenoxy) is 1. The highest BCUT2D eigenvalue weighted by atomic mass is 79.9. The van der Waals surface area contributed by atoms with E-state index in [0.29, 0.717) is 17.1 Å². The number of rotatable bonds is 5. The molecule has 1 heterocycles. The number of methoxy groups -OCH3 is 1. The molecule has 7 nitrogen and oxygen atoms in total. The Balaban J connectivity index is 1.91. The molecule has 8 heteroatoms. The van der Waals surface area contributed by atoms with Crippen molar-refractivity contribution in [2.24, 2.45) is 11.8 Å². The van der Waals surface area contributed by atoms with E-state index in [4.69, 9.17) is 4.74 Å². The first-order chi connectivity index (χ1) is 10.5. The fourth-order valence-corrected chi connectivity index (χ4v) is 3.02. The molecule has 1 aromatic heterocycles. The molecular formula is C14H18BrN3O4. The van der Waals surface area contributed by atoms with Crippen molar-refractivity contribution in [1.29, 1.82) is 0 Å². The number of aromatic nitrogens is 1. The lowest BCUT2D eigenvalue weighted by atomic mass is 9.82. The van der Waals surface area contributed by atoms with E-state index < -0.39 is 4.92 Å². The predicted octanol–water partition coefficient (Wildman–Crippen LogP) is 3.14. The molecule has 0 aromatic carbocycles. The molecular weight excluding hydrogens is 354 g/mol. The third-order valence-electron chi connectivity index (χ3n) is 3.98. The largest absolute Gasteiger partial charge is 0.469 e. The highest BCUT2D eigenvalue weighted by Gasteiger charge is 2.27. The number of carbonyl (C=O) groups is 1. The second-order valence-corrected chi connectivity index (χ2v) is 6.19. The number of nitro groups is 1. The van der Waals surface area contributed by atoms with Crippen LogP contribution in [-0.4, -0.2) is 29.5 Å². The third kappa shape index (κ3) is 4.16. The van der Waals surface area contributed by atoms with Gasteiger partial charge in [0, 0.05) is 12.6 Å². The van der Waals surface area contributed by atoms with Crippen molar-refractivity contribution in [2.75, 3.05) is 19.0 Å². The molecule has 1 fully saturated rings. The number of carbonyl (C=O) groups excluding carboxylic acids is 1. The Kier molecular flexibility index (Phi) is 5.70. The van der Waals surface area contributed by atoms with Gasteiger partial charge in [-0.25, -0.2) is 4.98 Å². The molecule has 2 rings (SSSR count). The van der Waals surface area contributed by atoms with Gasteiger partial charge in [0.15, 0.2) is 0 Å². The quantitative estimate of drug-likeness (QED) is 0.369. The van der Waals surface area contributed by atoms with Crippen molar-refractivity contribution in [3.63, 3.8) is 0 Å². The monoisotopic (exact) mass is 371 g/mol. The van der Waals surface area contributed by atoms with Gasteiger partial charge in [0.1, 0.15) is 4.60 Å². The summed E-state index contributed by atoms with van der Waals surface area (Å²) in [5.74, 6) is 0.492. The smallest absolute Gasteiger partial charge is 0.311 e. The van der Waals surface area contributed by atoms with Crippen LogP contribution < -0.4 is 5.32 Å². The van der Waals surface area contributed by atoms with Gasteiger partial charge in [0.2, 0.25) is 5.82 Å². The first-order valence-electron chi connectivity index (χ1n) is 7.14. The van der Waals surface area contributed by atoms with Gasteiger partial charge < -0.3 is 10.1 Å². The van der Waals surface area contributed by atoms with E-state index in [2.05, 4.69) is 26.2 Å². The van der Waals surface area contributed by atoms with Crippen LogP contribution in [0.4, 0.5) is 11.5 Å². The van der Waals surface area contributed by atoms with Gasteiger partial charge >= 0.3 is 11.7 Å². The van der Waals surface area contributed by atoms with Gasteiger partial charge in [-0.2, -0.15) is 0 Å². The minimum absolute atomic E-state index is 0.0143. The highest BCUT2D eigenvalue weighted by molar-refractivity contribution is 9.10. The zero-order chi connectivity index (χ0) is 16.1. The van der Waals surface area contributed by atoms with E-state index in [-0.39, 0.29) is 23.4 Å². The molecule has 1 aliphatic carbocycles. The second-order valence-electron chi connectivity index (χ2n) is 5.38. The molecule has 1 saturated carbocycles. The van der Waals surface area contributed by atoms with Crippen LogP contribution in [0.3, 0.4) is 0 Å². The van der Waals surface area contributed by atoms with E-state index in [0.717, 1.165) is 25.7 Å². The second kappa shape index (κ2) is 7.53. The molecule has 0 bridgehead atoms. The highest BCUT2D eigenvalue weighted by Crippen LogP contribution is 2.31. The Labute approximate surface area is 136 Å². The van der Waals surface area contributed by atoms with Crippen molar-refractivity contribution in [3.05, 3.63) is 26.9 Å². The van der Waals surface area contributed by atoms with Crippen molar-refractivity contribution < 1.29 is 14.5 Å². The lowest BCUT2D eigenvalue weighted by molar-refractivity contribution is -0.384. The molecule has 0 radical (unpaired) electrons. The van der Waals surface area contributed by atoms with Crippen molar-refractivity contribution in [2.45, 2.75) is 25.7 Å². The van der Waals surface area contributed by atoms with E-state index in [9.17, 15) is 14.9 Å². The molecule has 22 heavy (non-hydrogen) atoms. The summed E-state index contributed by atoms with van der Waals surface area (Å²) in [6.45, 7) is 0.609. The van der Waals surface area contributed by atoms with Gasteiger partial charge in [0.05, 0.1) is 18.0 Å². The molecule has 0 spiro atoms. The zero-order valence-corrected chi connectivity index (χ0v) is 13.8. The summed E-state index contributed by atoms with van der Waals surface area (Å²) in [7, 11) is 1.41. The summed E-state index contributed by atoms with van der Waals surface area (Å²) in [6.07, 6.45) is 3.39. The summed E-state index contributed by atoms with van der Waals surface area (Å²) in [5, 5.41) is 14.1. The van der Waals surface area contributed by atoms with Crippen LogP contribution in [-0.2, 0) is 9.53 Å². The van der Waals surface area contributed by atoms with Crippen LogP contribution >= 0.6 is 15.9 Å². The maximum atomic E-state index is 11.5. The maximum absolute atomic E-state index is 11.5. The fourth-order valence-electron chi connectivity index (χ4n) is 2.72. The topological polar surface area (TPSA) is 94.4 Å². The number of halogens is 1. The normalized spacial score (nSPS) is 21.2. The first kappa shape index (κ1) is 16.7. The van der Waals surface area contributed by atoms with Crippen LogP contribution in [0.25, 0.3) is 0 Å². The number of hydrogen-bond donors (Lipinski definition) is 1. The predicted molar refractivity (Wildman–Crippen MR) is 84.5 cm³/mol. The zero-order valence-electron chi connectivity index (χ0n) is 12.3. The Morgan fingerprint density at radius 2 is 2.14 bits per heavy atom. The van der Waals surface area contributed by atoms with Crippen LogP contribution in [0.2, 0.25) is 0 Å². The standard InChI is InChI=1S/C14H18BrN3O4/c1-22-14(19)10-4-2-9(3-5-10)8-16-13-11(18(20)21)6-7-12(15)17-13/h6-7,9-10H,2-5,8H2,1H3,(H,16,17)/t9-,10-. The summed E-state index contributed by atoms with van der Waals surface area (Å²) in [4.78, 5) is 26.2. The van der Waals surface area contributed by atoms with Gasteiger partial charge in [-0.15, -0.1) is 0 Å². The van der Waals surface area contributed by atoms with Crippen LogP contribution in [0, 0.1) is 22.0 Å². The molecule has 0 saturated heterocycles. The summed E-state index contributed by atoms with van der Waals surface area (Å²) < 4.78 is 5.32. The number of nitrogens with zero attached hydrogens (tertiary/aromatic N) is 2. The van der Waals surface area contributed by atoms with Crippen molar-refractivity contribution in [3.8, 4) is 0 Å². The molecule has 0 amide bonds. The number of esters is 1. The molecule has 1 aromatic rings. The van der Waals surface area contributed by atoms with Gasteiger partial charge in [0.25, 0.3) is 0 Å². The van der Waals surface area contributed by atoms with Crippen molar-refractivity contribution in [1.82, 2.24) is 4.98 Å².